The minimum absolute atomic E-state index is 0.0522. The molecule has 0 aromatic heterocycles. The number of carbonyl (C=O) groups is 1. The van der Waals surface area contributed by atoms with E-state index < -0.39 is 0 Å². The Hall–Kier alpha value is -1.87. The van der Waals surface area contributed by atoms with Gasteiger partial charge in [0.2, 0.25) is 0 Å². The van der Waals surface area contributed by atoms with Crippen LogP contribution in [0.1, 0.15) is 23.2 Å². The van der Waals surface area contributed by atoms with E-state index in [9.17, 15) is 4.79 Å². The predicted molar refractivity (Wildman–Crippen MR) is 81.9 cm³/mol. The number of rotatable bonds is 2. The van der Waals surface area contributed by atoms with Crippen LogP contribution >= 0.6 is 0 Å². The van der Waals surface area contributed by atoms with Gasteiger partial charge in [-0.15, -0.1) is 0 Å². The van der Waals surface area contributed by atoms with Crippen molar-refractivity contribution in [3.8, 4) is 0 Å². The number of hydrogen-bond acceptors (Lipinski definition) is 2. The van der Waals surface area contributed by atoms with E-state index in [1.807, 2.05) is 42.5 Å². The van der Waals surface area contributed by atoms with Crippen molar-refractivity contribution in [2.45, 2.75) is 18.9 Å². The van der Waals surface area contributed by atoms with Crippen LogP contribution in [-0.2, 0) is 0 Å². The van der Waals surface area contributed by atoms with Crippen molar-refractivity contribution in [2.75, 3.05) is 20.1 Å². The number of carbonyl (C=O) groups excluding carboxylic acids is 1. The number of nitrogens with zero attached hydrogens (tertiary/aromatic N) is 1. The van der Waals surface area contributed by atoms with E-state index >= 15 is 0 Å². The van der Waals surface area contributed by atoms with Crippen molar-refractivity contribution in [1.82, 2.24) is 10.2 Å². The largest absolute Gasteiger partial charge is 0.349 e. The molecule has 1 aliphatic heterocycles. The zero-order valence-electron chi connectivity index (χ0n) is 11.8. The number of fused-ring (bicyclic) bond motifs is 1. The fourth-order valence-corrected chi connectivity index (χ4v) is 2.84. The number of piperidine rings is 1. The maximum atomic E-state index is 12.5. The van der Waals surface area contributed by atoms with Crippen molar-refractivity contribution in [2.24, 2.45) is 0 Å². The first kappa shape index (κ1) is 13.1. The molecular weight excluding hydrogens is 248 g/mol. The van der Waals surface area contributed by atoms with Crippen molar-refractivity contribution in [3.05, 3.63) is 48.0 Å². The molecule has 2 aromatic rings. The third-order valence-electron chi connectivity index (χ3n) is 4.09. The predicted octanol–water partition coefficient (Wildman–Crippen LogP) is 2.66. The Morgan fingerprint density at radius 2 is 1.80 bits per heavy atom. The summed E-state index contributed by atoms with van der Waals surface area (Å²) in [7, 11) is 2.13. The molecule has 2 aromatic carbocycles. The molecule has 3 rings (SSSR count). The lowest BCUT2D eigenvalue weighted by Gasteiger charge is -2.29. The van der Waals surface area contributed by atoms with Crippen LogP contribution in [0.3, 0.4) is 0 Å². The second-order valence-electron chi connectivity index (χ2n) is 5.58. The molecule has 1 fully saturated rings. The Morgan fingerprint density at radius 3 is 2.60 bits per heavy atom. The Kier molecular flexibility index (Phi) is 3.70. The normalized spacial score (nSPS) is 17.2. The summed E-state index contributed by atoms with van der Waals surface area (Å²) in [5, 5.41) is 5.32. The first-order valence-corrected chi connectivity index (χ1v) is 7.21. The van der Waals surface area contributed by atoms with Crippen LogP contribution < -0.4 is 5.32 Å². The highest BCUT2D eigenvalue weighted by atomic mass is 16.1. The molecule has 3 heteroatoms. The van der Waals surface area contributed by atoms with Gasteiger partial charge in [-0.3, -0.25) is 4.79 Å². The van der Waals surface area contributed by atoms with E-state index in [1.165, 1.54) is 0 Å². The fraction of sp³-hybridized carbons (Fsp3) is 0.353. The first-order valence-electron chi connectivity index (χ1n) is 7.21. The van der Waals surface area contributed by atoms with Crippen LogP contribution in [0.25, 0.3) is 10.8 Å². The molecule has 0 saturated carbocycles. The minimum atomic E-state index is 0.0522. The highest BCUT2D eigenvalue weighted by Crippen LogP contribution is 2.19. The van der Waals surface area contributed by atoms with Gasteiger partial charge >= 0.3 is 0 Å². The van der Waals surface area contributed by atoms with Gasteiger partial charge in [-0.05, 0) is 49.8 Å². The molecule has 104 valence electrons. The van der Waals surface area contributed by atoms with Gasteiger partial charge in [0.1, 0.15) is 0 Å². The monoisotopic (exact) mass is 268 g/mol. The summed E-state index contributed by atoms with van der Waals surface area (Å²) >= 11 is 0. The molecule has 1 saturated heterocycles. The lowest BCUT2D eigenvalue weighted by atomic mass is 10.0. The number of hydrogen-bond donors (Lipinski definition) is 1. The second kappa shape index (κ2) is 5.63. The second-order valence-corrected chi connectivity index (χ2v) is 5.58. The first-order chi connectivity index (χ1) is 9.74. The van der Waals surface area contributed by atoms with Gasteiger partial charge in [0.05, 0.1) is 0 Å². The van der Waals surface area contributed by atoms with Crippen molar-refractivity contribution in [1.29, 1.82) is 0 Å². The molecule has 1 heterocycles. The molecule has 0 bridgehead atoms. The smallest absolute Gasteiger partial charge is 0.252 e. The van der Waals surface area contributed by atoms with E-state index in [0.717, 1.165) is 42.3 Å². The van der Waals surface area contributed by atoms with Crippen molar-refractivity contribution >= 4 is 16.7 Å². The number of amides is 1. The van der Waals surface area contributed by atoms with Gasteiger partial charge in [-0.25, -0.2) is 0 Å². The van der Waals surface area contributed by atoms with Gasteiger partial charge in [-0.2, -0.15) is 0 Å². The summed E-state index contributed by atoms with van der Waals surface area (Å²) in [4.78, 5) is 14.8. The van der Waals surface area contributed by atoms with Gasteiger partial charge in [0, 0.05) is 11.6 Å². The molecule has 0 aliphatic carbocycles. The highest BCUT2D eigenvalue weighted by molar-refractivity contribution is 6.07. The standard InChI is InChI=1S/C17H20N2O/c1-19-11-9-14(10-12-19)18-17(20)16-8-4-6-13-5-2-3-7-15(13)16/h2-8,14H,9-12H2,1H3,(H,18,20). The zero-order valence-corrected chi connectivity index (χ0v) is 11.8. The molecule has 0 unspecified atom stereocenters. The average Bonchev–Trinajstić information content (AvgIpc) is 2.49. The topological polar surface area (TPSA) is 32.3 Å². The highest BCUT2D eigenvalue weighted by Gasteiger charge is 2.19. The van der Waals surface area contributed by atoms with Crippen LogP contribution in [0, 0.1) is 0 Å². The Balaban J connectivity index is 1.79. The van der Waals surface area contributed by atoms with Crippen LogP contribution in [0.5, 0.6) is 0 Å². The van der Waals surface area contributed by atoms with E-state index in [4.69, 9.17) is 0 Å². The van der Waals surface area contributed by atoms with E-state index in [-0.39, 0.29) is 5.91 Å². The Morgan fingerprint density at radius 1 is 1.10 bits per heavy atom. The summed E-state index contributed by atoms with van der Waals surface area (Å²) in [6, 6.07) is 14.2. The van der Waals surface area contributed by atoms with E-state index in [1.54, 1.807) is 0 Å². The fourth-order valence-electron chi connectivity index (χ4n) is 2.84. The average molecular weight is 268 g/mol. The quantitative estimate of drug-likeness (QED) is 0.908. The molecule has 20 heavy (non-hydrogen) atoms. The molecule has 3 nitrogen and oxygen atoms in total. The number of likely N-dealkylation sites (tertiary alicyclic amines) is 1. The van der Waals surface area contributed by atoms with Gasteiger partial charge < -0.3 is 10.2 Å². The molecule has 0 atom stereocenters. The van der Waals surface area contributed by atoms with E-state index in [2.05, 4.69) is 17.3 Å². The summed E-state index contributed by atoms with van der Waals surface area (Å²) in [6.07, 6.45) is 2.07. The van der Waals surface area contributed by atoms with Gasteiger partial charge in [0.25, 0.3) is 5.91 Å². The maximum Gasteiger partial charge on any atom is 0.252 e. The number of benzene rings is 2. The van der Waals surface area contributed by atoms with Crippen LogP contribution in [0.15, 0.2) is 42.5 Å². The lowest BCUT2D eigenvalue weighted by Crippen LogP contribution is -2.43. The third kappa shape index (κ3) is 2.68. The summed E-state index contributed by atoms with van der Waals surface area (Å²) in [5.74, 6) is 0.0522. The van der Waals surface area contributed by atoms with Crippen molar-refractivity contribution in [3.63, 3.8) is 0 Å². The maximum absolute atomic E-state index is 12.5. The van der Waals surface area contributed by atoms with Crippen LogP contribution in [0.4, 0.5) is 0 Å². The molecule has 1 aliphatic rings. The van der Waals surface area contributed by atoms with Crippen LogP contribution in [0.2, 0.25) is 0 Å². The zero-order chi connectivity index (χ0) is 13.9. The molecular formula is C17H20N2O. The number of nitrogens with one attached hydrogen (secondary N) is 1. The third-order valence-corrected chi connectivity index (χ3v) is 4.09. The van der Waals surface area contributed by atoms with E-state index in [0.29, 0.717) is 6.04 Å². The molecule has 1 N–H and O–H groups in total. The summed E-state index contributed by atoms with van der Waals surface area (Å²) in [5.41, 5.74) is 0.780. The lowest BCUT2D eigenvalue weighted by molar-refractivity contribution is 0.0918. The van der Waals surface area contributed by atoms with Gasteiger partial charge in [-0.1, -0.05) is 36.4 Å². The Labute approximate surface area is 119 Å². The molecule has 0 spiro atoms. The Bertz CT molecular complexity index is 610. The SMILES string of the molecule is CN1CCC(NC(=O)c2cccc3ccccc23)CC1. The molecule has 1 amide bonds. The van der Waals surface area contributed by atoms with Crippen molar-refractivity contribution < 1.29 is 4.79 Å². The summed E-state index contributed by atoms with van der Waals surface area (Å²) in [6.45, 7) is 2.11. The van der Waals surface area contributed by atoms with Gasteiger partial charge in [0.15, 0.2) is 0 Å². The summed E-state index contributed by atoms with van der Waals surface area (Å²) < 4.78 is 0. The molecule has 0 radical (unpaired) electrons. The van der Waals surface area contributed by atoms with Crippen LogP contribution in [-0.4, -0.2) is 37.0 Å². The minimum Gasteiger partial charge on any atom is -0.349 e.